The minimum absolute atomic E-state index is 0.0889. The summed E-state index contributed by atoms with van der Waals surface area (Å²) in [5.74, 6) is -1.37. The van der Waals surface area contributed by atoms with Crippen LogP contribution in [0.25, 0.3) is 5.69 Å². The second-order valence-electron chi connectivity index (χ2n) is 3.64. The highest BCUT2D eigenvalue weighted by atomic mass is 35.5. The summed E-state index contributed by atoms with van der Waals surface area (Å²) < 4.78 is 14.3. The van der Waals surface area contributed by atoms with Gasteiger partial charge in [-0.05, 0) is 25.1 Å². The standard InChI is InChI=1S/C11H8ClFN2O3/c1-5-9(16)14-11(18)15(10(5)17)8-4-6(12)2-3-7(8)13/h2-4,17H,1H3,(H,14,16,18). The lowest BCUT2D eigenvalue weighted by atomic mass is 10.3. The number of aromatic nitrogens is 2. The third-order valence-electron chi connectivity index (χ3n) is 2.46. The fourth-order valence-electron chi connectivity index (χ4n) is 1.49. The van der Waals surface area contributed by atoms with Crippen LogP contribution in [0.1, 0.15) is 5.56 Å². The molecule has 0 aliphatic rings. The zero-order valence-electron chi connectivity index (χ0n) is 9.20. The summed E-state index contributed by atoms with van der Waals surface area (Å²) in [5, 5.41) is 9.96. The van der Waals surface area contributed by atoms with Gasteiger partial charge in [0.15, 0.2) is 0 Å². The molecule has 0 amide bonds. The maximum atomic E-state index is 13.6. The monoisotopic (exact) mass is 270 g/mol. The van der Waals surface area contributed by atoms with Crippen LogP contribution in [0.15, 0.2) is 27.8 Å². The van der Waals surface area contributed by atoms with Crippen molar-refractivity contribution >= 4 is 11.6 Å². The van der Waals surface area contributed by atoms with Crippen LogP contribution in [0, 0.1) is 12.7 Å². The number of halogens is 2. The van der Waals surface area contributed by atoms with E-state index >= 15 is 0 Å². The smallest absolute Gasteiger partial charge is 0.335 e. The van der Waals surface area contributed by atoms with E-state index in [1.807, 2.05) is 4.98 Å². The van der Waals surface area contributed by atoms with E-state index in [1.165, 1.54) is 19.1 Å². The number of hydrogen-bond acceptors (Lipinski definition) is 3. The first kappa shape index (κ1) is 12.4. The Morgan fingerprint density at radius 3 is 2.72 bits per heavy atom. The SMILES string of the molecule is Cc1c(O)n(-c2cc(Cl)ccc2F)c(=O)[nH]c1=O. The lowest BCUT2D eigenvalue weighted by molar-refractivity contribution is 0.423. The summed E-state index contributed by atoms with van der Waals surface area (Å²) >= 11 is 5.71. The van der Waals surface area contributed by atoms with Crippen molar-refractivity contribution in [3.8, 4) is 11.6 Å². The molecule has 1 aromatic carbocycles. The predicted molar refractivity (Wildman–Crippen MR) is 64.0 cm³/mol. The van der Waals surface area contributed by atoms with E-state index < -0.39 is 22.9 Å². The van der Waals surface area contributed by atoms with Gasteiger partial charge in [0.1, 0.15) is 5.82 Å². The van der Waals surface area contributed by atoms with Gasteiger partial charge in [-0.1, -0.05) is 11.6 Å². The molecule has 2 N–H and O–H groups in total. The van der Waals surface area contributed by atoms with Gasteiger partial charge in [-0.2, -0.15) is 0 Å². The van der Waals surface area contributed by atoms with Crippen LogP contribution in [0.4, 0.5) is 4.39 Å². The molecular formula is C11H8ClFN2O3. The number of hydrogen-bond donors (Lipinski definition) is 2. The summed E-state index contributed by atoms with van der Waals surface area (Å²) in [4.78, 5) is 24.8. The van der Waals surface area contributed by atoms with Crippen molar-refractivity contribution in [1.29, 1.82) is 0 Å². The van der Waals surface area contributed by atoms with Crippen LogP contribution in [0.3, 0.4) is 0 Å². The Balaban J connectivity index is 2.88. The van der Waals surface area contributed by atoms with E-state index in [9.17, 15) is 19.1 Å². The fraction of sp³-hybridized carbons (Fsp3) is 0.0909. The van der Waals surface area contributed by atoms with Gasteiger partial charge in [-0.15, -0.1) is 0 Å². The first-order valence-electron chi connectivity index (χ1n) is 4.92. The van der Waals surface area contributed by atoms with E-state index in [4.69, 9.17) is 11.6 Å². The Morgan fingerprint density at radius 2 is 2.06 bits per heavy atom. The van der Waals surface area contributed by atoms with Crippen molar-refractivity contribution in [3.05, 3.63) is 55.4 Å². The minimum atomic E-state index is -0.940. The maximum Gasteiger partial charge on any atom is 0.335 e. The van der Waals surface area contributed by atoms with Crippen LogP contribution < -0.4 is 11.2 Å². The van der Waals surface area contributed by atoms with Crippen molar-refractivity contribution < 1.29 is 9.50 Å². The normalized spacial score (nSPS) is 10.6. The predicted octanol–water partition coefficient (Wildman–Crippen LogP) is 1.33. The average molecular weight is 271 g/mol. The van der Waals surface area contributed by atoms with Gasteiger partial charge in [-0.25, -0.2) is 13.8 Å². The molecule has 2 rings (SSSR count). The third kappa shape index (κ3) is 1.91. The second-order valence-corrected chi connectivity index (χ2v) is 4.08. The fourth-order valence-corrected chi connectivity index (χ4v) is 1.66. The number of nitrogens with zero attached hydrogens (tertiary/aromatic N) is 1. The lowest BCUT2D eigenvalue weighted by Gasteiger charge is -2.10. The molecule has 0 saturated carbocycles. The topological polar surface area (TPSA) is 75.1 Å². The van der Waals surface area contributed by atoms with Crippen molar-refractivity contribution in [2.45, 2.75) is 6.92 Å². The highest BCUT2D eigenvalue weighted by Gasteiger charge is 2.15. The molecule has 1 aromatic heterocycles. The van der Waals surface area contributed by atoms with Crippen molar-refractivity contribution in [2.24, 2.45) is 0 Å². The highest BCUT2D eigenvalue weighted by molar-refractivity contribution is 6.30. The van der Waals surface area contributed by atoms with Gasteiger partial charge < -0.3 is 5.11 Å². The van der Waals surface area contributed by atoms with Crippen LogP contribution in [0.2, 0.25) is 5.02 Å². The Kier molecular flexibility index (Phi) is 2.96. The number of rotatable bonds is 1. The molecule has 0 aliphatic carbocycles. The van der Waals surface area contributed by atoms with Gasteiger partial charge >= 0.3 is 5.69 Å². The molecule has 0 unspecified atom stereocenters. The van der Waals surface area contributed by atoms with Gasteiger partial charge in [0, 0.05) is 5.02 Å². The van der Waals surface area contributed by atoms with Crippen LogP contribution in [0.5, 0.6) is 5.88 Å². The Bertz CT molecular complexity index is 736. The molecule has 0 bridgehead atoms. The van der Waals surface area contributed by atoms with E-state index in [0.717, 1.165) is 6.07 Å². The van der Waals surface area contributed by atoms with E-state index in [1.54, 1.807) is 0 Å². The molecule has 5 nitrogen and oxygen atoms in total. The van der Waals surface area contributed by atoms with Crippen LogP contribution >= 0.6 is 11.6 Å². The number of nitrogens with one attached hydrogen (secondary N) is 1. The molecule has 0 radical (unpaired) electrons. The van der Waals surface area contributed by atoms with Crippen LogP contribution in [-0.2, 0) is 0 Å². The van der Waals surface area contributed by atoms with Gasteiger partial charge in [-0.3, -0.25) is 9.78 Å². The summed E-state index contributed by atoms with van der Waals surface area (Å²) in [5.41, 5.74) is -1.99. The van der Waals surface area contributed by atoms with E-state index in [0.29, 0.717) is 4.57 Å². The van der Waals surface area contributed by atoms with E-state index in [-0.39, 0.29) is 16.3 Å². The first-order valence-corrected chi connectivity index (χ1v) is 5.30. The second kappa shape index (κ2) is 4.30. The maximum absolute atomic E-state index is 13.6. The first-order chi connectivity index (χ1) is 8.41. The molecule has 0 spiro atoms. The molecule has 0 aliphatic heterocycles. The molecule has 7 heteroatoms. The highest BCUT2D eigenvalue weighted by Crippen LogP contribution is 2.21. The molecule has 0 atom stereocenters. The summed E-state index contributed by atoms with van der Waals surface area (Å²) in [6, 6.07) is 3.54. The molecule has 0 saturated heterocycles. The zero-order valence-corrected chi connectivity index (χ0v) is 9.95. The van der Waals surface area contributed by atoms with Crippen LogP contribution in [-0.4, -0.2) is 14.7 Å². The summed E-state index contributed by atoms with van der Waals surface area (Å²) in [7, 11) is 0. The third-order valence-corrected chi connectivity index (χ3v) is 2.70. The van der Waals surface area contributed by atoms with E-state index in [2.05, 4.69) is 0 Å². The van der Waals surface area contributed by atoms with Gasteiger partial charge in [0.2, 0.25) is 5.88 Å². The van der Waals surface area contributed by atoms with Gasteiger partial charge in [0.05, 0.1) is 11.3 Å². The van der Waals surface area contributed by atoms with Crippen molar-refractivity contribution in [2.75, 3.05) is 0 Å². The molecule has 94 valence electrons. The molecule has 2 aromatic rings. The van der Waals surface area contributed by atoms with Crippen molar-refractivity contribution in [1.82, 2.24) is 9.55 Å². The number of H-pyrrole nitrogens is 1. The Labute approximate surface area is 105 Å². The number of benzene rings is 1. The Hall–Kier alpha value is -2.08. The molecule has 18 heavy (non-hydrogen) atoms. The molecule has 0 fully saturated rings. The Morgan fingerprint density at radius 1 is 1.39 bits per heavy atom. The average Bonchev–Trinajstić information content (AvgIpc) is 2.31. The lowest BCUT2D eigenvalue weighted by Crippen LogP contribution is -2.30. The largest absolute Gasteiger partial charge is 0.494 e. The number of aromatic amines is 1. The van der Waals surface area contributed by atoms with Gasteiger partial charge in [0.25, 0.3) is 5.56 Å². The van der Waals surface area contributed by atoms with Crippen molar-refractivity contribution in [3.63, 3.8) is 0 Å². The summed E-state index contributed by atoms with van der Waals surface area (Å²) in [6.07, 6.45) is 0. The molecule has 1 heterocycles. The zero-order chi connectivity index (χ0) is 13.4. The quantitative estimate of drug-likeness (QED) is 0.821. The number of aromatic hydroxyl groups is 1. The summed E-state index contributed by atoms with van der Waals surface area (Å²) in [6.45, 7) is 1.31. The molecular weight excluding hydrogens is 263 g/mol. The minimum Gasteiger partial charge on any atom is -0.494 e.